The number of alkyl halides is 3. The number of benzene rings is 1. The Kier molecular flexibility index (Phi) is 3.92. The number of H-pyrrole nitrogens is 1. The van der Waals surface area contributed by atoms with Gasteiger partial charge in [0, 0.05) is 11.3 Å². The van der Waals surface area contributed by atoms with Gasteiger partial charge in [-0.3, -0.25) is 9.89 Å². The summed E-state index contributed by atoms with van der Waals surface area (Å²) < 4.78 is 52.1. The van der Waals surface area contributed by atoms with Crippen LogP contribution in [0, 0.1) is 11.3 Å². The number of aromatic amines is 1. The molecule has 1 atom stereocenters. The molecule has 1 unspecified atom stereocenters. The molecule has 0 bridgehead atoms. The molecule has 1 spiro atoms. The second-order valence-corrected chi connectivity index (χ2v) is 6.18. The molecule has 2 aliphatic heterocycles. The molecular formula is C17H10F3N5O5. The highest BCUT2D eigenvalue weighted by molar-refractivity contribution is 6.14. The van der Waals surface area contributed by atoms with Crippen molar-refractivity contribution in [1.29, 1.82) is 5.26 Å². The average molecular weight is 421 g/mol. The Labute approximate surface area is 165 Å². The fourth-order valence-electron chi connectivity index (χ4n) is 3.58. The van der Waals surface area contributed by atoms with Crippen LogP contribution in [-0.2, 0) is 14.9 Å². The van der Waals surface area contributed by atoms with Crippen LogP contribution in [0.4, 0.5) is 18.9 Å². The first kappa shape index (κ1) is 19.1. The van der Waals surface area contributed by atoms with E-state index in [-0.39, 0.29) is 28.4 Å². The van der Waals surface area contributed by atoms with Crippen molar-refractivity contribution in [3.8, 4) is 17.7 Å². The molecule has 0 fully saturated rings. The van der Waals surface area contributed by atoms with Crippen LogP contribution < -0.4 is 20.5 Å². The average Bonchev–Trinajstić information content (AvgIpc) is 3.20. The van der Waals surface area contributed by atoms with Crippen molar-refractivity contribution in [3.05, 3.63) is 46.5 Å². The third-order valence-corrected chi connectivity index (χ3v) is 4.65. The molecule has 13 heteroatoms. The Hall–Kier alpha value is -4.21. The number of carbonyl (C=O) groups excluding carboxylic acids is 2. The van der Waals surface area contributed by atoms with E-state index >= 15 is 0 Å². The first-order chi connectivity index (χ1) is 14.1. The minimum atomic E-state index is -5.00. The van der Waals surface area contributed by atoms with Crippen LogP contribution in [0.3, 0.4) is 0 Å². The van der Waals surface area contributed by atoms with Crippen LogP contribution in [-0.4, -0.2) is 35.5 Å². The molecule has 1 aromatic heterocycles. The van der Waals surface area contributed by atoms with Gasteiger partial charge >= 0.3 is 12.3 Å². The number of fused-ring (bicyclic) bond motifs is 4. The van der Waals surface area contributed by atoms with Gasteiger partial charge in [-0.15, -0.1) is 18.3 Å². The number of nitrogens with two attached hydrogens (primary N) is 1. The van der Waals surface area contributed by atoms with Gasteiger partial charge in [0.2, 0.25) is 17.7 Å². The zero-order valence-corrected chi connectivity index (χ0v) is 14.9. The Bertz CT molecular complexity index is 1180. The number of hydrogen-bond acceptors (Lipinski definition) is 8. The molecule has 4 N–H and O–H groups in total. The van der Waals surface area contributed by atoms with Crippen LogP contribution >= 0.6 is 0 Å². The van der Waals surface area contributed by atoms with E-state index in [4.69, 9.17) is 10.5 Å². The summed E-state index contributed by atoms with van der Waals surface area (Å²) in [6.07, 6.45) is -5.00. The first-order valence-electron chi connectivity index (χ1n) is 8.10. The fourth-order valence-corrected chi connectivity index (χ4v) is 3.58. The molecule has 2 aromatic rings. The number of rotatable bonds is 2. The number of nitriles is 1. The quantitative estimate of drug-likeness (QED) is 0.616. The zero-order chi connectivity index (χ0) is 21.8. The fraction of sp³-hybridized carbons (Fsp3) is 0.176. The molecule has 1 amide bonds. The summed E-state index contributed by atoms with van der Waals surface area (Å²) in [7, 11) is 1.07. The van der Waals surface area contributed by atoms with E-state index in [2.05, 4.69) is 25.0 Å². The molecule has 1 aromatic carbocycles. The number of amides is 1. The van der Waals surface area contributed by atoms with Crippen LogP contribution in [0.5, 0.6) is 11.6 Å². The van der Waals surface area contributed by atoms with Crippen molar-refractivity contribution >= 4 is 17.6 Å². The Balaban J connectivity index is 2.06. The molecule has 154 valence electrons. The second kappa shape index (κ2) is 6.14. The number of anilines is 1. The Morgan fingerprint density at radius 2 is 2.13 bits per heavy atom. The molecule has 0 saturated carbocycles. The standard InChI is InChI=1S/C17H10F3N5O5/c1-28-14(26)11-10-13(25-24-11)29-12(22)8(5-21)16(10)7-4-6(30-17(18,19)20)2-3-9(7)23-15(16)27/h2-4H,22H2,1H3,(H,23,27)(H,24,25). The Morgan fingerprint density at radius 3 is 2.77 bits per heavy atom. The van der Waals surface area contributed by atoms with Gasteiger partial charge in [-0.05, 0) is 18.2 Å². The normalized spacial score (nSPS) is 19.5. The highest BCUT2D eigenvalue weighted by atomic mass is 19.4. The van der Waals surface area contributed by atoms with Gasteiger partial charge in [-0.25, -0.2) is 4.79 Å². The van der Waals surface area contributed by atoms with Crippen LogP contribution in [0.2, 0.25) is 0 Å². The molecule has 3 heterocycles. The van der Waals surface area contributed by atoms with Gasteiger partial charge in [0.15, 0.2) is 5.69 Å². The molecule has 0 radical (unpaired) electrons. The zero-order valence-electron chi connectivity index (χ0n) is 14.9. The van der Waals surface area contributed by atoms with E-state index < -0.39 is 40.9 Å². The van der Waals surface area contributed by atoms with Gasteiger partial charge in [-0.1, -0.05) is 0 Å². The number of hydrogen-bond donors (Lipinski definition) is 3. The maximum absolute atomic E-state index is 13.2. The molecule has 30 heavy (non-hydrogen) atoms. The third-order valence-electron chi connectivity index (χ3n) is 4.65. The van der Waals surface area contributed by atoms with Crippen LogP contribution in [0.1, 0.15) is 21.6 Å². The number of carbonyl (C=O) groups is 2. The Morgan fingerprint density at radius 1 is 1.40 bits per heavy atom. The predicted octanol–water partition coefficient (Wildman–Crippen LogP) is 1.42. The number of nitrogens with zero attached hydrogens (tertiary/aromatic N) is 2. The van der Waals surface area contributed by atoms with Gasteiger partial charge in [0.1, 0.15) is 22.8 Å². The highest BCUT2D eigenvalue weighted by Crippen LogP contribution is 2.54. The number of aromatic nitrogens is 2. The van der Waals surface area contributed by atoms with E-state index in [0.717, 1.165) is 19.2 Å². The van der Waals surface area contributed by atoms with E-state index in [1.54, 1.807) is 6.07 Å². The van der Waals surface area contributed by atoms with Gasteiger partial charge in [0.25, 0.3) is 0 Å². The monoisotopic (exact) mass is 421 g/mol. The minimum Gasteiger partial charge on any atom is -0.464 e. The van der Waals surface area contributed by atoms with Crippen molar-refractivity contribution in [2.75, 3.05) is 12.4 Å². The number of halogens is 3. The van der Waals surface area contributed by atoms with E-state index in [9.17, 15) is 28.0 Å². The topological polar surface area (TPSA) is 152 Å². The molecule has 0 saturated heterocycles. The van der Waals surface area contributed by atoms with E-state index in [0.29, 0.717) is 0 Å². The molecular weight excluding hydrogens is 411 g/mol. The molecule has 10 nitrogen and oxygen atoms in total. The predicted molar refractivity (Wildman–Crippen MR) is 89.9 cm³/mol. The van der Waals surface area contributed by atoms with E-state index in [1.807, 2.05) is 0 Å². The number of esters is 1. The molecule has 4 rings (SSSR count). The van der Waals surface area contributed by atoms with Gasteiger partial charge in [-0.2, -0.15) is 5.26 Å². The van der Waals surface area contributed by atoms with Crippen LogP contribution in [0.25, 0.3) is 0 Å². The lowest BCUT2D eigenvalue weighted by Crippen LogP contribution is -2.43. The first-order valence-corrected chi connectivity index (χ1v) is 8.10. The summed E-state index contributed by atoms with van der Waals surface area (Å²) in [6.45, 7) is 0. The van der Waals surface area contributed by atoms with Crippen molar-refractivity contribution in [1.82, 2.24) is 10.2 Å². The minimum absolute atomic E-state index is 0.0833. The summed E-state index contributed by atoms with van der Waals surface area (Å²) in [6, 6.07) is 4.83. The van der Waals surface area contributed by atoms with Crippen molar-refractivity contribution in [2.45, 2.75) is 11.8 Å². The number of nitrogens with one attached hydrogen (secondary N) is 2. The lowest BCUT2D eigenvalue weighted by atomic mass is 9.69. The SMILES string of the molecule is COC(=O)c1[nH]nc2c1C1(C(=O)Nc3ccc(OC(F)(F)F)cc31)C(C#N)=C(N)O2. The maximum Gasteiger partial charge on any atom is 0.573 e. The summed E-state index contributed by atoms with van der Waals surface area (Å²) in [5, 5.41) is 18.4. The number of methoxy groups -OCH3 is 1. The highest BCUT2D eigenvalue weighted by Gasteiger charge is 2.59. The summed E-state index contributed by atoms with van der Waals surface area (Å²) >= 11 is 0. The van der Waals surface area contributed by atoms with Crippen molar-refractivity contribution in [3.63, 3.8) is 0 Å². The van der Waals surface area contributed by atoms with Gasteiger partial charge < -0.3 is 25.3 Å². The van der Waals surface area contributed by atoms with Gasteiger partial charge in [0.05, 0.1) is 12.7 Å². The maximum atomic E-state index is 13.2. The molecule has 2 aliphatic rings. The molecule has 0 aliphatic carbocycles. The summed E-state index contributed by atoms with van der Waals surface area (Å²) in [5.74, 6) is -3.26. The van der Waals surface area contributed by atoms with Crippen molar-refractivity contribution in [2.24, 2.45) is 5.73 Å². The lowest BCUT2D eigenvalue weighted by Gasteiger charge is -2.31. The smallest absolute Gasteiger partial charge is 0.464 e. The van der Waals surface area contributed by atoms with E-state index in [1.165, 1.54) is 6.07 Å². The summed E-state index contributed by atoms with van der Waals surface area (Å²) in [4.78, 5) is 25.4. The number of ether oxygens (including phenoxy) is 3. The lowest BCUT2D eigenvalue weighted by molar-refractivity contribution is -0.274. The second-order valence-electron chi connectivity index (χ2n) is 6.18. The van der Waals surface area contributed by atoms with Crippen LogP contribution in [0.15, 0.2) is 29.7 Å². The largest absolute Gasteiger partial charge is 0.573 e. The summed E-state index contributed by atoms with van der Waals surface area (Å²) in [5.41, 5.74) is 2.66. The third kappa shape index (κ3) is 2.47. The van der Waals surface area contributed by atoms with Crippen molar-refractivity contribution < 1.29 is 37.0 Å².